The van der Waals surface area contributed by atoms with Crippen molar-refractivity contribution in [2.24, 2.45) is 12.0 Å². The number of hydrogen-bond donors (Lipinski definition) is 0. The number of nitrogens with zero attached hydrogens (tertiary/aromatic N) is 3. The molecule has 3 rings (SSSR count). The Bertz CT molecular complexity index is 1060. The molecule has 0 N–H and O–H groups in total. The maximum atomic E-state index is 13.3. The molecule has 33 heavy (non-hydrogen) atoms. The summed E-state index contributed by atoms with van der Waals surface area (Å²) < 4.78 is 67.0. The number of benzene rings is 1. The van der Waals surface area contributed by atoms with Crippen molar-refractivity contribution >= 4 is 5.91 Å². The first-order chi connectivity index (χ1) is 15.4. The zero-order chi connectivity index (χ0) is 24.4. The normalized spacial score (nSPS) is 17.6. The molecule has 1 aliphatic rings. The molecule has 1 aromatic carbocycles. The molecule has 1 amide bonds. The van der Waals surface area contributed by atoms with Gasteiger partial charge in [0.25, 0.3) is 5.91 Å². The SMILES string of the molecule is Cn1c(C(C)(C)C)c/c(=N\C(=O)c2cc(C(F)(F)F)ccc2OCCF)n1C[C@H]1CCCO1. The van der Waals surface area contributed by atoms with Crippen molar-refractivity contribution < 1.29 is 31.8 Å². The monoisotopic (exact) mass is 471 g/mol. The van der Waals surface area contributed by atoms with E-state index in [1.54, 1.807) is 10.7 Å². The van der Waals surface area contributed by atoms with Crippen molar-refractivity contribution in [3.63, 3.8) is 0 Å². The predicted octanol–water partition coefficient (Wildman–Crippen LogP) is 4.41. The van der Waals surface area contributed by atoms with Gasteiger partial charge in [-0.15, -0.1) is 0 Å². The number of carbonyl (C=O) groups is 1. The fourth-order valence-electron chi connectivity index (χ4n) is 3.88. The highest BCUT2D eigenvalue weighted by Gasteiger charge is 2.32. The number of hydrogen-bond acceptors (Lipinski definition) is 3. The van der Waals surface area contributed by atoms with E-state index >= 15 is 0 Å². The molecule has 1 aromatic heterocycles. The molecule has 0 unspecified atom stereocenters. The molecule has 182 valence electrons. The van der Waals surface area contributed by atoms with E-state index in [4.69, 9.17) is 9.47 Å². The van der Waals surface area contributed by atoms with Gasteiger partial charge in [0, 0.05) is 30.8 Å². The highest BCUT2D eigenvalue weighted by molar-refractivity contribution is 5.97. The van der Waals surface area contributed by atoms with Crippen LogP contribution in [-0.4, -0.2) is 41.3 Å². The lowest BCUT2D eigenvalue weighted by atomic mass is 9.92. The highest BCUT2D eigenvalue weighted by atomic mass is 19.4. The topological polar surface area (TPSA) is 57.8 Å². The summed E-state index contributed by atoms with van der Waals surface area (Å²) in [5.74, 6) is -1.05. The number of aromatic nitrogens is 2. The van der Waals surface area contributed by atoms with Gasteiger partial charge in [-0.1, -0.05) is 20.8 Å². The Labute approximate surface area is 189 Å². The first-order valence-electron chi connectivity index (χ1n) is 10.8. The summed E-state index contributed by atoms with van der Waals surface area (Å²) in [5.41, 5.74) is -0.454. The van der Waals surface area contributed by atoms with E-state index in [1.807, 2.05) is 32.5 Å². The molecule has 2 heterocycles. The van der Waals surface area contributed by atoms with E-state index in [2.05, 4.69) is 4.99 Å². The summed E-state index contributed by atoms with van der Waals surface area (Å²) in [6, 6.07) is 4.26. The number of ether oxygens (including phenoxy) is 2. The van der Waals surface area contributed by atoms with E-state index in [0.717, 1.165) is 30.7 Å². The maximum absolute atomic E-state index is 13.3. The lowest BCUT2D eigenvalue weighted by molar-refractivity contribution is -0.137. The molecular weight excluding hydrogens is 442 g/mol. The minimum Gasteiger partial charge on any atom is -0.490 e. The quantitative estimate of drug-likeness (QED) is 0.587. The summed E-state index contributed by atoms with van der Waals surface area (Å²) in [4.78, 5) is 17.2. The van der Waals surface area contributed by atoms with Crippen LogP contribution in [0.15, 0.2) is 29.3 Å². The maximum Gasteiger partial charge on any atom is 0.416 e. The number of alkyl halides is 4. The van der Waals surface area contributed by atoms with Gasteiger partial charge in [-0.05, 0) is 31.0 Å². The summed E-state index contributed by atoms with van der Waals surface area (Å²) in [7, 11) is 1.85. The van der Waals surface area contributed by atoms with Crippen molar-refractivity contribution in [1.29, 1.82) is 0 Å². The van der Waals surface area contributed by atoms with E-state index in [9.17, 15) is 22.4 Å². The second-order valence-corrected chi connectivity index (χ2v) is 9.04. The lowest BCUT2D eigenvalue weighted by Gasteiger charge is -2.21. The first-order valence-corrected chi connectivity index (χ1v) is 10.8. The predicted molar refractivity (Wildman–Crippen MR) is 114 cm³/mol. The van der Waals surface area contributed by atoms with Crippen LogP contribution in [0.4, 0.5) is 17.6 Å². The molecule has 1 fully saturated rings. The van der Waals surface area contributed by atoms with Crippen LogP contribution in [0.2, 0.25) is 0 Å². The zero-order valence-corrected chi connectivity index (χ0v) is 19.2. The van der Waals surface area contributed by atoms with E-state index in [-0.39, 0.29) is 29.4 Å². The van der Waals surface area contributed by atoms with E-state index in [0.29, 0.717) is 24.7 Å². The number of rotatable bonds is 6. The lowest BCUT2D eigenvalue weighted by Crippen LogP contribution is -2.30. The Balaban J connectivity index is 2.10. The van der Waals surface area contributed by atoms with Crippen LogP contribution in [0.1, 0.15) is 55.2 Å². The second kappa shape index (κ2) is 9.70. The average molecular weight is 471 g/mol. The minimum absolute atomic E-state index is 0.0440. The summed E-state index contributed by atoms with van der Waals surface area (Å²) >= 11 is 0. The molecule has 0 bridgehead atoms. The molecule has 1 saturated heterocycles. The van der Waals surface area contributed by atoms with Crippen molar-refractivity contribution in [3.05, 3.63) is 46.6 Å². The highest BCUT2D eigenvalue weighted by Crippen LogP contribution is 2.33. The third kappa shape index (κ3) is 5.85. The Morgan fingerprint density at radius 3 is 2.55 bits per heavy atom. The third-order valence-electron chi connectivity index (χ3n) is 5.50. The average Bonchev–Trinajstić information content (AvgIpc) is 3.34. The molecule has 0 saturated carbocycles. The Kier molecular flexibility index (Phi) is 7.36. The number of amides is 1. The van der Waals surface area contributed by atoms with Crippen LogP contribution in [0, 0.1) is 0 Å². The van der Waals surface area contributed by atoms with Crippen molar-refractivity contribution in [3.8, 4) is 5.75 Å². The van der Waals surface area contributed by atoms with Crippen LogP contribution in [0.5, 0.6) is 5.75 Å². The van der Waals surface area contributed by atoms with Gasteiger partial charge in [-0.3, -0.25) is 14.2 Å². The van der Waals surface area contributed by atoms with Gasteiger partial charge in [0.1, 0.15) is 19.0 Å². The van der Waals surface area contributed by atoms with Crippen LogP contribution in [0.25, 0.3) is 0 Å². The second-order valence-electron chi connectivity index (χ2n) is 9.04. The van der Waals surface area contributed by atoms with Crippen molar-refractivity contribution in [2.45, 2.75) is 57.9 Å². The molecule has 10 heteroatoms. The molecule has 6 nitrogen and oxygen atoms in total. The van der Waals surface area contributed by atoms with Crippen LogP contribution in [-0.2, 0) is 29.9 Å². The number of halogens is 4. The molecule has 0 aliphatic carbocycles. The molecule has 2 aromatic rings. The zero-order valence-electron chi connectivity index (χ0n) is 19.2. The molecule has 0 spiro atoms. The summed E-state index contributed by atoms with van der Waals surface area (Å²) in [6.45, 7) is 5.92. The Hall–Kier alpha value is -2.62. The van der Waals surface area contributed by atoms with Crippen LogP contribution in [0.3, 0.4) is 0 Å². The molecule has 1 aliphatic heterocycles. The summed E-state index contributed by atoms with van der Waals surface area (Å²) in [5, 5.41) is 0. The fourth-order valence-corrected chi connectivity index (χ4v) is 3.88. The first kappa shape index (κ1) is 25.0. The fraction of sp³-hybridized carbons (Fsp3) is 0.565. The van der Waals surface area contributed by atoms with Gasteiger partial charge in [0.05, 0.1) is 23.8 Å². The number of carbonyl (C=O) groups excluding carboxylic acids is 1. The van der Waals surface area contributed by atoms with Gasteiger partial charge >= 0.3 is 6.18 Å². The minimum atomic E-state index is -4.65. The Morgan fingerprint density at radius 1 is 1.24 bits per heavy atom. The van der Waals surface area contributed by atoms with Crippen molar-refractivity contribution in [1.82, 2.24) is 9.36 Å². The molecule has 1 atom stereocenters. The smallest absolute Gasteiger partial charge is 0.416 e. The third-order valence-corrected chi connectivity index (χ3v) is 5.50. The van der Waals surface area contributed by atoms with Gasteiger partial charge in [0.2, 0.25) is 0 Å². The largest absolute Gasteiger partial charge is 0.490 e. The van der Waals surface area contributed by atoms with Crippen LogP contribution >= 0.6 is 0 Å². The van der Waals surface area contributed by atoms with Gasteiger partial charge in [-0.2, -0.15) is 18.2 Å². The van der Waals surface area contributed by atoms with E-state index < -0.39 is 24.3 Å². The van der Waals surface area contributed by atoms with Gasteiger partial charge < -0.3 is 9.47 Å². The van der Waals surface area contributed by atoms with E-state index in [1.165, 1.54) is 0 Å². The Morgan fingerprint density at radius 2 is 1.97 bits per heavy atom. The van der Waals surface area contributed by atoms with Crippen LogP contribution < -0.4 is 10.2 Å². The molecule has 0 radical (unpaired) electrons. The standard InChI is InChI=1S/C23H29F4N3O3/c1-22(2,3)19-13-20(30(29(19)4)14-16-6-5-10-32-16)28-21(31)17-12-15(23(25,26)27)7-8-18(17)33-11-9-24/h7-8,12-13,16H,5-6,9-11,14H2,1-4H3/b28-20+/t16-/m1/s1. The van der Waals surface area contributed by atoms with Gasteiger partial charge in [-0.25, -0.2) is 4.39 Å². The molecular formula is C23H29F4N3O3. The van der Waals surface area contributed by atoms with Gasteiger partial charge in [0.15, 0.2) is 5.49 Å². The summed E-state index contributed by atoms with van der Waals surface area (Å²) in [6.07, 6.45) is -2.89. The van der Waals surface area contributed by atoms with Crippen molar-refractivity contribution in [2.75, 3.05) is 19.9 Å².